The van der Waals surface area contributed by atoms with E-state index in [1.54, 1.807) is 0 Å². The average molecular weight is 567 g/mol. The summed E-state index contributed by atoms with van der Waals surface area (Å²) >= 11 is 0. The van der Waals surface area contributed by atoms with Gasteiger partial charge in [-0.25, -0.2) is 4.79 Å². The number of aromatic hydroxyl groups is 1. The van der Waals surface area contributed by atoms with Crippen LogP contribution in [0.5, 0.6) is 5.75 Å². The first-order valence-electron chi connectivity index (χ1n) is 12.7. The Hall–Kier alpha value is -4.24. The van der Waals surface area contributed by atoms with Crippen molar-refractivity contribution >= 4 is 35.6 Å². The van der Waals surface area contributed by atoms with Crippen molar-refractivity contribution in [1.29, 1.82) is 0 Å². The quantitative estimate of drug-likeness (QED) is 0.0830. The molecule has 0 saturated carbocycles. The number of nitrogens with one attached hydrogen (secondary N) is 3. The molecule has 0 heterocycles. The Morgan fingerprint density at radius 1 is 0.750 bits per heavy atom. The highest BCUT2D eigenvalue weighted by Gasteiger charge is 2.30. The van der Waals surface area contributed by atoms with Gasteiger partial charge in [-0.05, 0) is 56.3 Å². The predicted octanol–water partition coefficient (Wildman–Crippen LogP) is -1.94. The largest absolute Gasteiger partial charge is 0.508 e. The first-order chi connectivity index (χ1) is 18.8. The van der Waals surface area contributed by atoms with Gasteiger partial charge in [0.15, 0.2) is 0 Å². The highest BCUT2D eigenvalue weighted by atomic mass is 16.4. The van der Waals surface area contributed by atoms with Gasteiger partial charge in [0.1, 0.15) is 23.9 Å². The van der Waals surface area contributed by atoms with Crippen LogP contribution in [0.15, 0.2) is 24.3 Å². The molecule has 4 amide bonds. The van der Waals surface area contributed by atoms with E-state index in [1.165, 1.54) is 24.3 Å². The minimum atomic E-state index is -1.44. The molecule has 1 aromatic rings. The number of hydrogen-bond acceptors (Lipinski definition) is 9. The lowest BCUT2D eigenvalue weighted by atomic mass is 10.0. The van der Waals surface area contributed by atoms with Gasteiger partial charge in [-0.1, -0.05) is 12.1 Å². The van der Waals surface area contributed by atoms with Crippen molar-refractivity contribution < 1.29 is 44.1 Å². The summed E-state index contributed by atoms with van der Waals surface area (Å²) < 4.78 is 0. The average Bonchev–Trinajstić information content (AvgIpc) is 2.89. The highest BCUT2D eigenvalue weighted by molar-refractivity contribution is 5.94. The summed E-state index contributed by atoms with van der Waals surface area (Å²) in [5.74, 6) is -5.72. The van der Waals surface area contributed by atoms with Crippen LogP contribution in [0.3, 0.4) is 0 Å². The maximum atomic E-state index is 13.3. The zero-order valence-electron chi connectivity index (χ0n) is 22.0. The summed E-state index contributed by atoms with van der Waals surface area (Å²) in [6.07, 6.45) is -0.156. The molecule has 0 saturated heterocycles. The fourth-order valence-corrected chi connectivity index (χ4v) is 3.62. The molecule has 4 unspecified atom stereocenters. The molecule has 0 fully saturated rings. The van der Waals surface area contributed by atoms with Crippen molar-refractivity contribution in [3.63, 3.8) is 0 Å². The minimum Gasteiger partial charge on any atom is -0.508 e. The third kappa shape index (κ3) is 13.0. The first kappa shape index (κ1) is 33.8. The number of carboxylic acids is 2. The van der Waals surface area contributed by atoms with E-state index in [4.69, 9.17) is 22.3 Å². The molecule has 15 heteroatoms. The first-order valence-corrected chi connectivity index (χ1v) is 12.7. The fraction of sp³-hybridized carbons (Fsp3) is 0.520. The molecule has 0 aromatic heterocycles. The zero-order chi connectivity index (χ0) is 30.2. The molecule has 0 spiro atoms. The van der Waals surface area contributed by atoms with E-state index in [0.29, 0.717) is 24.9 Å². The van der Waals surface area contributed by atoms with Crippen molar-refractivity contribution in [2.75, 3.05) is 6.54 Å². The van der Waals surface area contributed by atoms with Gasteiger partial charge >= 0.3 is 11.9 Å². The number of carbonyl (C=O) groups is 6. The number of carboxylic acid groups (broad SMARTS) is 2. The lowest BCUT2D eigenvalue weighted by Gasteiger charge is -2.25. The standard InChI is InChI=1S/C25H38N6O9/c26-12-2-1-3-17(23(37)30-18(25(39)40)9-10-20(28)33)29-24(38)19(13-14-4-6-15(32)7-5-14)31-22(36)16(27)8-11-21(34)35/h4-7,16-19,32H,1-3,8-13,26-27H2,(H2,28,33)(H,29,38)(H,30,37)(H,31,36)(H,34,35)(H,39,40). The van der Waals surface area contributed by atoms with Gasteiger partial charge in [-0.15, -0.1) is 0 Å². The predicted molar refractivity (Wildman–Crippen MR) is 141 cm³/mol. The minimum absolute atomic E-state index is 0.0227. The molecule has 15 nitrogen and oxygen atoms in total. The van der Waals surface area contributed by atoms with Crippen LogP contribution in [0.25, 0.3) is 0 Å². The third-order valence-corrected chi connectivity index (χ3v) is 5.89. The van der Waals surface area contributed by atoms with Crippen LogP contribution < -0.4 is 33.2 Å². The normalized spacial score (nSPS) is 13.8. The van der Waals surface area contributed by atoms with Crippen molar-refractivity contribution in [3.8, 4) is 5.75 Å². The molecule has 0 bridgehead atoms. The lowest BCUT2D eigenvalue weighted by Crippen LogP contribution is -2.57. The molecule has 40 heavy (non-hydrogen) atoms. The number of primary amides is 1. The van der Waals surface area contributed by atoms with Gasteiger partial charge in [0.05, 0.1) is 6.04 Å². The Balaban J connectivity index is 3.13. The number of amides is 4. The Bertz CT molecular complexity index is 1030. The number of carbonyl (C=O) groups excluding carboxylic acids is 4. The fourth-order valence-electron chi connectivity index (χ4n) is 3.62. The summed E-state index contributed by atoms with van der Waals surface area (Å²) in [5, 5.41) is 35.1. The Morgan fingerprint density at radius 3 is 1.88 bits per heavy atom. The molecule has 222 valence electrons. The van der Waals surface area contributed by atoms with E-state index in [0.717, 1.165) is 0 Å². The number of benzene rings is 1. The number of rotatable bonds is 19. The van der Waals surface area contributed by atoms with Crippen LogP contribution in [0.4, 0.5) is 0 Å². The van der Waals surface area contributed by atoms with E-state index < -0.39 is 59.7 Å². The van der Waals surface area contributed by atoms with Gasteiger partial charge in [0.25, 0.3) is 0 Å². The molecular formula is C25H38N6O9. The van der Waals surface area contributed by atoms with Crippen LogP contribution in [-0.2, 0) is 35.2 Å². The van der Waals surface area contributed by atoms with Crippen molar-refractivity contribution in [1.82, 2.24) is 16.0 Å². The SMILES string of the molecule is NCCCCC(NC(=O)C(Cc1ccc(O)cc1)NC(=O)C(N)CCC(=O)O)C(=O)NC(CCC(N)=O)C(=O)O. The van der Waals surface area contributed by atoms with Crippen molar-refractivity contribution in [2.24, 2.45) is 17.2 Å². The second kappa shape index (κ2) is 17.4. The number of nitrogens with two attached hydrogens (primary N) is 3. The van der Waals surface area contributed by atoms with E-state index in [2.05, 4.69) is 16.0 Å². The summed E-state index contributed by atoms with van der Waals surface area (Å²) in [7, 11) is 0. The number of phenolic OH excluding ortho intramolecular Hbond substituents is 1. The van der Waals surface area contributed by atoms with Gasteiger partial charge in [0, 0.05) is 19.3 Å². The molecule has 4 atom stereocenters. The number of phenols is 1. The van der Waals surface area contributed by atoms with Crippen LogP contribution in [0.1, 0.15) is 50.5 Å². The molecule has 0 radical (unpaired) electrons. The lowest BCUT2D eigenvalue weighted by molar-refractivity contribution is -0.142. The maximum absolute atomic E-state index is 13.3. The summed E-state index contributed by atoms with van der Waals surface area (Å²) in [6.45, 7) is 0.312. The van der Waals surface area contributed by atoms with Crippen LogP contribution in [0.2, 0.25) is 0 Å². The molecule has 1 aromatic carbocycles. The molecule has 0 aliphatic heterocycles. The second-order valence-corrected chi connectivity index (χ2v) is 9.22. The van der Waals surface area contributed by atoms with Gasteiger partial charge in [0.2, 0.25) is 23.6 Å². The Labute approximate surface area is 230 Å². The molecule has 12 N–H and O–H groups in total. The monoisotopic (exact) mass is 566 g/mol. The Kier molecular flexibility index (Phi) is 14.7. The number of aliphatic carboxylic acids is 2. The van der Waals surface area contributed by atoms with E-state index in [-0.39, 0.29) is 44.3 Å². The van der Waals surface area contributed by atoms with Gasteiger partial charge in [-0.2, -0.15) is 0 Å². The molecular weight excluding hydrogens is 528 g/mol. The molecule has 0 aliphatic carbocycles. The van der Waals surface area contributed by atoms with Crippen molar-refractivity contribution in [3.05, 3.63) is 29.8 Å². The number of unbranched alkanes of at least 4 members (excludes halogenated alkanes) is 1. The molecule has 0 aliphatic rings. The van der Waals surface area contributed by atoms with E-state index in [1.807, 2.05) is 0 Å². The van der Waals surface area contributed by atoms with Crippen LogP contribution in [0, 0.1) is 0 Å². The third-order valence-electron chi connectivity index (χ3n) is 5.89. The smallest absolute Gasteiger partial charge is 0.326 e. The summed E-state index contributed by atoms with van der Waals surface area (Å²) in [6, 6.07) is 0.668. The highest BCUT2D eigenvalue weighted by Crippen LogP contribution is 2.12. The van der Waals surface area contributed by atoms with E-state index in [9.17, 15) is 39.0 Å². The molecule has 1 rings (SSSR count). The van der Waals surface area contributed by atoms with Gasteiger partial charge in [-0.3, -0.25) is 24.0 Å². The number of hydrogen-bond donors (Lipinski definition) is 9. The summed E-state index contributed by atoms with van der Waals surface area (Å²) in [5.41, 5.74) is 16.9. The van der Waals surface area contributed by atoms with Crippen LogP contribution >= 0.6 is 0 Å². The van der Waals surface area contributed by atoms with Crippen LogP contribution in [-0.4, -0.2) is 81.6 Å². The topological polar surface area (TPSA) is 277 Å². The van der Waals surface area contributed by atoms with Crippen molar-refractivity contribution in [2.45, 2.75) is 75.5 Å². The Morgan fingerprint density at radius 2 is 1.32 bits per heavy atom. The van der Waals surface area contributed by atoms with E-state index >= 15 is 0 Å². The second-order valence-electron chi connectivity index (χ2n) is 9.22. The summed E-state index contributed by atoms with van der Waals surface area (Å²) in [4.78, 5) is 72.5. The zero-order valence-corrected chi connectivity index (χ0v) is 22.0. The van der Waals surface area contributed by atoms with Gasteiger partial charge < -0.3 is 48.5 Å². The maximum Gasteiger partial charge on any atom is 0.326 e.